The minimum Gasteiger partial charge on any atom is -0.509 e. The third-order valence-corrected chi connectivity index (χ3v) is 7.65. The van der Waals surface area contributed by atoms with Crippen LogP contribution in [-0.4, -0.2) is 173 Å². The maximum Gasteiger partial charge on any atom is 0.367 e. The van der Waals surface area contributed by atoms with Crippen molar-refractivity contribution in [3.05, 3.63) is 176 Å². The predicted molar refractivity (Wildman–Crippen MR) is 307 cm³/mol. The molecule has 0 saturated carbocycles. The number of halogens is 1. The maximum atomic E-state index is 10.6. The first kappa shape index (κ1) is 68.5. The Labute approximate surface area is 448 Å². The average Bonchev–Trinajstić information content (AvgIpc) is 3.38. The molecular formula is C37H32B18ClN9O8. The predicted octanol–water partition coefficient (Wildman–Crippen LogP) is 0.909. The van der Waals surface area contributed by atoms with Crippen molar-refractivity contribution in [2.24, 2.45) is 5.73 Å². The van der Waals surface area contributed by atoms with Gasteiger partial charge in [0.25, 0.3) is 0 Å². The van der Waals surface area contributed by atoms with Gasteiger partial charge in [-0.3, -0.25) is 0 Å². The van der Waals surface area contributed by atoms with Crippen LogP contribution in [0.1, 0.15) is 11.1 Å². The summed E-state index contributed by atoms with van der Waals surface area (Å²) in [6, 6.07) is 31.2. The van der Waals surface area contributed by atoms with Crippen molar-refractivity contribution in [1.29, 1.82) is 5.26 Å². The molecule has 3 aromatic carbocycles. The number of aromatic nitrogens is 3. The quantitative estimate of drug-likeness (QED) is 0.0609. The number of hydrogen-bond donors (Lipinski definition) is 4. The zero-order valence-corrected chi connectivity index (χ0v) is 40.0. The highest BCUT2D eigenvalue weighted by Gasteiger charge is 2.10. The van der Waals surface area contributed by atoms with Crippen LogP contribution in [0.2, 0.25) is 5.02 Å². The molecule has 0 spiro atoms. The van der Waals surface area contributed by atoms with Crippen molar-refractivity contribution < 1.29 is 29.5 Å². The zero-order chi connectivity index (χ0) is 55.9. The lowest BCUT2D eigenvalue weighted by Crippen LogP contribution is -2.43. The summed E-state index contributed by atoms with van der Waals surface area (Å²) < 4.78 is 11.0. The number of hydrogen-bond acceptors (Lipinski definition) is 14. The Morgan fingerprint density at radius 1 is 0.712 bits per heavy atom. The van der Waals surface area contributed by atoms with E-state index in [1.54, 1.807) is 54.7 Å². The van der Waals surface area contributed by atoms with Gasteiger partial charge >= 0.3 is 11.6 Å². The fraction of sp³-hybridized carbons (Fsp3) is 0.0541. The molecular weight excluding hydrogens is 929 g/mol. The van der Waals surface area contributed by atoms with Crippen LogP contribution in [0, 0.1) is 38.1 Å². The Morgan fingerprint density at radius 3 is 1.59 bits per heavy atom. The second-order valence-corrected chi connectivity index (χ2v) is 13.6. The summed E-state index contributed by atoms with van der Waals surface area (Å²) >= 11 is 5.44. The van der Waals surface area contributed by atoms with Gasteiger partial charge in [0, 0.05) is 169 Å². The van der Waals surface area contributed by atoms with Crippen molar-refractivity contribution in [2.75, 3.05) is 12.8 Å². The fourth-order valence-corrected chi connectivity index (χ4v) is 4.03. The van der Waals surface area contributed by atoms with E-state index in [9.17, 15) is 20.2 Å². The molecule has 0 atom stereocenters. The summed E-state index contributed by atoms with van der Waals surface area (Å²) in [6.45, 7) is 7.05. The summed E-state index contributed by atoms with van der Waals surface area (Å²) in [5, 5.41) is 45.5. The third kappa shape index (κ3) is 34.5. The molecule has 36 heteroatoms. The van der Waals surface area contributed by atoms with Crippen molar-refractivity contribution in [1.82, 2.24) is 15.0 Å². The molecule has 3 heterocycles. The summed E-state index contributed by atoms with van der Waals surface area (Å²) in [4.78, 5) is 33.5. The number of nitrogen functional groups attached to an aromatic ring is 1. The van der Waals surface area contributed by atoms with Gasteiger partial charge in [-0.05, 0) is 73.9 Å². The Morgan fingerprint density at radius 2 is 1.19 bits per heavy atom. The van der Waals surface area contributed by atoms with Crippen molar-refractivity contribution >= 4 is 166 Å². The van der Waals surface area contributed by atoms with Gasteiger partial charge in [0.2, 0.25) is 0 Å². The maximum absolute atomic E-state index is 10.6. The number of phenols is 1. The van der Waals surface area contributed by atoms with E-state index in [0.717, 1.165) is 18.4 Å². The van der Waals surface area contributed by atoms with Gasteiger partial charge < -0.3 is 51.4 Å². The van der Waals surface area contributed by atoms with E-state index in [-0.39, 0.29) is 23.8 Å². The van der Waals surface area contributed by atoms with Gasteiger partial charge in [-0.15, -0.1) is 0 Å². The molecule has 0 aliphatic rings. The Kier molecular flexibility index (Phi) is 38.5. The molecule has 0 bridgehead atoms. The number of anilines is 1. The second kappa shape index (κ2) is 41.0. The standard InChI is InChI=1S/C12H7N3O3.C12H13N3O.C7H5NO.C5H3ClN2O2.CH4O.B7.B6.B5/c13-8-9-2-1-3-10(6-9)18-11-4-5-14-12(7-11)15(16)17;13-8-9-2-1-3-10(6-9)16-11-4-5-15-12(14)7-11;1-8-6-3-2-4-7(9)5-6;6-4-1-2-7-5(3-4)8(9)10;1-2;1-5-7(4)6(2)3;1-5(2)6(3)4;1-4-5(2)3/h1-7H;1-7H,8,13H2,(H2,14,15);2-5,9H;1-3H;2H,1H3;;;. The molecule has 0 aliphatic heterocycles. The van der Waals surface area contributed by atoms with Crippen LogP contribution in [0.5, 0.6) is 28.7 Å². The Bertz CT molecular complexity index is 2590. The number of ether oxygens (including phenoxy) is 2. The van der Waals surface area contributed by atoms with Crippen LogP contribution in [0.3, 0.4) is 0 Å². The molecule has 6 rings (SSSR count). The molecule has 24 radical (unpaired) electrons. The van der Waals surface area contributed by atoms with Crippen molar-refractivity contribution in [3.8, 4) is 34.8 Å². The van der Waals surface area contributed by atoms with Crippen LogP contribution in [-0.2, 0) is 6.54 Å². The average molecular weight is 961 g/mol. The molecule has 334 valence electrons. The first-order chi connectivity index (χ1) is 34.6. The van der Waals surface area contributed by atoms with E-state index < -0.39 is 35.4 Å². The van der Waals surface area contributed by atoms with E-state index >= 15 is 0 Å². The minimum absolute atomic E-state index is 0.142. The molecule has 0 aliphatic carbocycles. The van der Waals surface area contributed by atoms with Gasteiger partial charge in [0.05, 0.1) is 35.4 Å². The van der Waals surface area contributed by atoms with Gasteiger partial charge in [0.15, 0.2) is 5.69 Å². The molecule has 0 amide bonds. The highest BCUT2D eigenvalue weighted by atomic mass is 35.5. The summed E-state index contributed by atoms with van der Waals surface area (Å²) in [6.07, 6.45) is 1.62. The Hall–Kier alpha value is -6.53. The van der Waals surface area contributed by atoms with E-state index in [0.29, 0.717) is 45.9 Å². The highest BCUT2D eigenvalue weighted by Crippen LogP contribution is 2.25. The topological polar surface area (TPSA) is 264 Å². The molecule has 0 unspecified atom stereocenters. The summed E-state index contributed by atoms with van der Waals surface area (Å²) in [5.74, 6) is 2.21. The van der Waals surface area contributed by atoms with Crippen molar-refractivity contribution in [2.45, 2.75) is 6.54 Å². The second-order valence-electron chi connectivity index (χ2n) is 13.2. The van der Waals surface area contributed by atoms with Gasteiger partial charge in [-0.1, -0.05) is 41.9 Å². The summed E-state index contributed by atoms with van der Waals surface area (Å²) in [7, 11) is 58.2. The van der Waals surface area contributed by atoms with Crippen LogP contribution >= 0.6 is 11.6 Å². The normalized spacial score (nSPS) is 8.68. The van der Waals surface area contributed by atoms with Crippen molar-refractivity contribution in [3.63, 3.8) is 0 Å². The molecule has 73 heavy (non-hydrogen) atoms. The number of nitrogens with two attached hydrogens (primary N) is 2. The first-order valence-electron chi connectivity index (χ1n) is 20.3. The smallest absolute Gasteiger partial charge is 0.367 e. The molecule has 6 N–H and O–H groups in total. The lowest BCUT2D eigenvalue weighted by molar-refractivity contribution is -0.389. The number of nitro groups is 2. The first-order valence-corrected chi connectivity index (χ1v) is 20.7. The van der Waals surface area contributed by atoms with Crippen LogP contribution in [0.25, 0.3) is 4.85 Å². The lowest BCUT2D eigenvalue weighted by Gasteiger charge is -2.06. The number of nitrogens with zero attached hydrogens (tertiary/aromatic N) is 7. The number of nitriles is 1. The van der Waals surface area contributed by atoms with Crippen LogP contribution < -0.4 is 20.9 Å². The zero-order valence-electron chi connectivity index (χ0n) is 39.2. The Balaban J connectivity index is 0. The van der Waals surface area contributed by atoms with Gasteiger partial charge in [0.1, 0.15) is 47.0 Å². The SMILES string of the molecule is CO.N#Cc1cccc(Oc2ccnc([N+](=O)[O-])c2)c1.NCc1cccc(Oc2ccnc(N)c2)c1.O=[N+]([O-])c1cc(Cl)ccn1.[B]B([B])B([B])[B].[B][B]B([B])B([B])[B].[B][B]B([B])[B].[C-]#[N+]c1cccc(O)c1. The van der Waals surface area contributed by atoms with E-state index in [2.05, 4.69) is 19.8 Å². The number of pyridine rings is 3. The van der Waals surface area contributed by atoms with Gasteiger partial charge in [-0.25, -0.2) is 9.83 Å². The number of benzene rings is 3. The number of rotatable bonds is 11. The monoisotopic (exact) mass is 963 g/mol. The highest BCUT2D eigenvalue weighted by molar-refractivity contribution is 7.81. The number of aromatic hydroxyl groups is 1. The minimum atomic E-state index is -0.599. The summed E-state index contributed by atoms with van der Waals surface area (Å²) in [5.41, 5.74) is 13.1. The van der Waals surface area contributed by atoms with E-state index in [1.807, 2.05) is 30.3 Å². The molecule has 0 saturated heterocycles. The molecule has 0 fully saturated rings. The largest absolute Gasteiger partial charge is 0.509 e. The molecule has 6 aromatic rings. The molecule has 17 nitrogen and oxygen atoms in total. The molecule has 3 aromatic heterocycles. The fourth-order valence-electron chi connectivity index (χ4n) is 3.88. The lowest BCUT2D eigenvalue weighted by atomic mass is 8.76. The number of aliphatic hydroxyl groups is 1. The van der Waals surface area contributed by atoms with E-state index in [1.165, 1.54) is 62.9 Å². The third-order valence-electron chi connectivity index (χ3n) is 7.41. The van der Waals surface area contributed by atoms with E-state index in [4.69, 9.17) is 140 Å². The van der Waals surface area contributed by atoms with Crippen LogP contribution in [0.4, 0.5) is 23.1 Å². The van der Waals surface area contributed by atoms with Crippen LogP contribution in [0.15, 0.2) is 128 Å². The number of phenolic OH excluding ortho intramolecular Hbond substituents is 1. The van der Waals surface area contributed by atoms with Gasteiger partial charge in [-0.2, -0.15) is 5.26 Å². The number of aliphatic hydroxyl groups excluding tert-OH is 1.